The van der Waals surface area contributed by atoms with Gasteiger partial charge in [-0.05, 0) is 52.2 Å². The van der Waals surface area contributed by atoms with E-state index in [4.69, 9.17) is 5.11 Å². The second kappa shape index (κ2) is 7.92. The van der Waals surface area contributed by atoms with Crippen molar-refractivity contribution < 1.29 is 5.11 Å². The maximum atomic E-state index is 9.05. The van der Waals surface area contributed by atoms with Crippen molar-refractivity contribution in [1.82, 2.24) is 20.0 Å². The highest BCUT2D eigenvalue weighted by Gasteiger charge is 2.21. The third kappa shape index (κ3) is 4.28. The lowest BCUT2D eigenvalue weighted by molar-refractivity contribution is 0.267. The highest BCUT2D eigenvalue weighted by atomic mass is 16.3. The monoisotopic (exact) mass is 294 g/mol. The predicted octanol–water partition coefficient (Wildman–Crippen LogP) is 1.31. The maximum Gasteiger partial charge on any atom is 0.0644 e. The molecule has 1 aromatic rings. The van der Waals surface area contributed by atoms with Crippen LogP contribution in [-0.2, 0) is 13.1 Å². The molecular formula is C16H30N4O. The molecule has 0 radical (unpaired) electrons. The van der Waals surface area contributed by atoms with Gasteiger partial charge in [-0.25, -0.2) is 0 Å². The number of hydrogen-bond donors (Lipinski definition) is 2. The van der Waals surface area contributed by atoms with Crippen molar-refractivity contribution in [2.24, 2.45) is 5.92 Å². The number of aryl methyl sites for hydroxylation is 1. The molecule has 21 heavy (non-hydrogen) atoms. The lowest BCUT2D eigenvalue weighted by Crippen LogP contribution is -2.27. The molecule has 1 saturated heterocycles. The smallest absolute Gasteiger partial charge is 0.0644 e. The highest BCUT2D eigenvalue weighted by Crippen LogP contribution is 2.16. The Hall–Kier alpha value is -0.910. The number of aromatic nitrogens is 2. The van der Waals surface area contributed by atoms with Crippen molar-refractivity contribution in [3.8, 4) is 0 Å². The average molecular weight is 294 g/mol. The zero-order valence-corrected chi connectivity index (χ0v) is 13.7. The van der Waals surface area contributed by atoms with Gasteiger partial charge >= 0.3 is 0 Å². The third-order valence-electron chi connectivity index (χ3n) is 4.49. The zero-order chi connectivity index (χ0) is 15.2. The molecule has 5 heteroatoms. The van der Waals surface area contributed by atoms with Gasteiger partial charge in [0.15, 0.2) is 0 Å². The van der Waals surface area contributed by atoms with Crippen molar-refractivity contribution in [3.63, 3.8) is 0 Å². The molecule has 0 amide bonds. The summed E-state index contributed by atoms with van der Waals surface area (Å²) in [5.74, 6) is 0.782. The number of aliphatic hydroxyl groups is 1. The molecule has 1 aliphatic rings. The van der Waals surface area contributed by atoms with Crippen LogP contribution in [0.4, 0.5) is 0 Å². The molecule has 2 rings (SSSR count). The van der Waals surface area contributed by atoms with Crippen molar-refractivity contribution in [1.29, 1.82) is 0 Å². The lowest BCUT2D eigenvalue weighted by atomic mass is 10.1. The Bertz CT molecular complexity index is 444. The van der Waals surface area contributed by atoms with Crippen LogP contribution in [-0.4, -0.2) is 52.6 Å². The number of hydrogen-bond acceptors (Lipinski definition) is 4. The van der Waals surface area contributed by atoms with Gasteiger partial charge in [-0.2, -0.15) is 5.10 Å². The van der Waals surface area contributed by atoms with E-state index in [0.717, 1.165) is 24.7 Å². The number of nitrogens with zero attached hydrogens (tertiary/aromatic N) is 3. The average Bonchev–Trinajstić information content (AvgIpc) is 3.00. The van der Waals surface area contributed by atoms with Crippen LogP contribution in [0, 0.1) is 19.8 Å². The molecule has 5 nitrogen and oxygen atoms in total. The molecular weight excluding hydrogens is 264 g/mol. The molecule has 1 aromatic heterocycles. The van der Waals surface area contributed by atoms with Gasteiger partial charge in [0.25, 0.3) is 0 Å². The van der Waals surface area contributed by atoms with Crippen molar-refractivity contribution in [2.45, 2.75) is 46.7 Å². The van der Waals surface area contributed by atoms with Crippen LogP contribution < -0.4 is 5.32 Å². The minimum atomic E-state index is 0.143. The van der Waals surface area contributed by atoms with Gasteiger partial charge in [-0.1, -0.05) is 6.92 Å². The van der Waals surface area contributed by atoms with Gasteiger partial charge in [0.1, 0.15) is 0 Å². The maximum absolute atomic E-state index is 9.05. The Morgan fingerprint density at radius 1 is 1.33 bits per heavy atom. The topological polar surface area (TPSA) is 53.3 Å². The molecule has 0 saturated carbocycles. The lowest BCUT2D eigenvalue weighted by Gasteiger charge is -2.15. The fraction of sp³-hybridized carbons (Fsp3) is 0.812. The summed E-state index contributed by atoms with van der Waals surface area (Å²) in [6.45, 7) is 12.8. The summed E-state index contributed by atoms with van der Waals surface area (Å²) >= 11 is 0. The normalized spacial score (nSPS) is 19.5. The summed E-state index contributed by atoms with van der Waals surface area (Å²) in [5.41, 5.74) is 3.53. The predicted molar refractivity (Wildman–Crippen MR) is 85.3 cm³/mol. The molecule has 0 aliphatic carbocycles. The molecule has 1 fully saturated rings. The first-order valence-corrected chi connectivity index (χ1v) is 8.22. The summed E-state index contributed by atoms with van der Waals surface area (Å²) in [6, 6.07) is 0. The van der Waals surface area contributed by atoms with E-state index in [1.54, 1.807) is 0 Å². The van der Waals surface area contributed by atoms with Gasteiger partial charge in [0.2, 0.25) is 0 Å². The van der Waals surface area contributed by atoms with E-state index in [-0.39, 0.29) is 6.61 Å². The minimum absolute atomic E-state index is 0.143. The van der Waals surface area contributed by atoms with E-state index in [1.165, 1.54) is 43.7 Å². The number of aliphatic hydroxyl groups excluding tert-OH is 1. The zero-order valence-electron chi connectivity index (χ0n) is 13.7. The van der Waals surface area contributed by atoms with E-state index in [1.807, 2.05) is 4.68 Å². The number of nitrogens with one attached hydrogen (secondary N) is 1. The summed E-state index contributed by atoms with van der Waals surface area (Å²) in [6.07, 6.45) is 2.57. The summed E-state index contributed by atoms with van der Waals surface area (Å²) in [4.78, 5) is 2.57. The van der Waals surface area contributed by atoms with Crippen LogP contribution >= 0.6 is 0 Å². The van der Waals surface area contributed by atoms with E-state index in [0.29, 0.717) is 6.54 Å². The minimum Gasteiger partial charge on any atom is -0.394 e. The Balaban J connectivity index is 1.79. The quantitative estimate of drug-likeness (QED) is 0.759. The Labute approximate surface area is 128 Å². The Morgan fingerprint density at radius 2 is 2.14 bits per heavy atom. The molecule has 1 unspecified atom stereocenters. The van der Waals surface area contributed by atoms with Gasteiger partial charge in [-0.15, -0.1) is 0 Å². The number of likely N-dealkylation sites (tertiary alicyclic amines) is 1. The van der Waals surface area contributed by atoms with Crippen molar-refractivity contribution in [2.75, 3.05) is 32.8 Å². The van der Waals surface area contributed by atoms with E-state index < -0.39 is 0 Å². The fourth-order valence-corrected chi connectivity index (χ4v) is 3.30. The SMILES string of the molecule is CCCN1CCC(CNCc2c(C)nn(CCO)c2C)C1. The fourth-order valence-electron chi connectivity index (χ4n) is 3.30. The largest absolute Gasteiger partial charge is 0.394 e. The van der Waals surface area contributed by atoms with Gasteiger partial charge in [-0.3, -0.25) is 4.68 Å². The Morgan fingerprint density at radius 3 is 2.86 bits per heavy atom. The van der Waals surface area contributed by atoms with Crippen LogP contribution in [0.25, 0.3) is 0 Å². The van der Waals surface area contributed by atoms with E-state index in [9.17, 15) is 0 Å². The van der Waals surface area contributed by atoms with Crippen molar-refractivity contribution >= 4 is 0 Å². The standard InChI is InChI=1S/C16H30N4O/c1-4-6-19-7-5-15(12-19)10-17-11-16-13(2)18-20(8-9-21)14(16)3/h15,17,21H,4-12H2,1-3H3. The molecule has 0 aromatic carbocycles. The first-order valence-electron chi connectivity index (χ1n) is 8.22. The van der Waals surface area contributed by atoms with Crippen LogP contribution in [0.1, 0.15) is 36.7 Å². The van der Waals surface area contributed by atoms with Gasteiger partial charge in [0, 0.05) is 24.3 Å². The second-order valence-corrected chi connectivity index (χ2v) is 6.18. The molecule has 2 heterocycles. The first kappa shape index (κ1) is 16.5. The van der Waals surface area contributed by atoms with Crippen LogP contribution in [0.15, 0.2) is 0 Å². The summed E-state index contributed by atoms with van der Waals surface area (Å²) in [7, 11) is 0. The first-order chi connectivity index (χ1) is 10.2. The van der Waals surface area contributed by atoms with Crippen LogP contribution in [0.2, 0.25) is 0 Å². The molecule has 1 aliphatic heterocycles. The van der Waals surface area contributed by atoms with Crippen molar-refractivity contribution in [3.05, 3.63) is 17.0 Å². The van der Waals surface area contributed by atoms with E-state index in [2.05, 4.69) is 36.1 Å². The molecule has 120 valence electrons. The summed E-state index contributed by atoms with van der Waals surface area (Å²) < 4.78 is 1.91. The molecule has 2 N–H and O–H groups in total. The Kier molecular flexibility index (Phi) is 6.21. The summed E-state index contributed by atoms with van der Waals surface area (Å²) in [5, 5.41) is 17.1. The van der Waals surface area contributed by atoms with Gasteiger partial charge < -0.3 is 15.3 Å². The molecule has 0 spiro atoms. The number of rotatable bonds is 8. The van der Waals surface area contributed by atoms with Crippen LogP contribution in [0.3, 0.4) is 0 Å². The molecule has 1 atom stereocenters. The second-order valence-electron chi connectivity index (χ2n) is 6.18. The van der Waals surface area contributed by atoms with E-state index >= 15 is 0 Å². The molecule has 0 bridgehead atoms. The van der Waals surface area contributed by atoms with Crippen LogP contribution in [0.5, 0.6) is 0 Å². The third-order valence-corrected chi connectivity index (χ3v) is 4.49. The van der Waals surface area contributed by atoms with Gasteiger partial charge in [0.05, 0.1) is 18.8 Å². The highest BCUT2D eigenvalue weighted by molar-refractivity contribution is 5.24.